The molecule has 0 amide bonds. The fourth-order valence-corrected chi connectivity index (χ4v) is 1.97. The van der Waals surface area contributed by atoms with E-state index in [9.17, 15) is 0 Å². The molecular weight excluding hydrogens is 224 g/mol. The van der Waals surface area contributed by atoms with Crippen LogP contribution in [0, 0.1) is 0 Å². The highest BCUT2D eigenvalue weighted by atomic mass is 15.3. The molecule has 96 valence electrons. The minimum atomic E-state index is 0.736. The van der Waals surface area contributed by atoms with Gasteiger partial charge in [-0.05, 0) is 30.5 Å². The highest BCUT2D eigenvalue weighted by molar-refractivity contribution is 5.71. The zero-order chi connectivity index (χ0) is 13.1. The van der Waals surface area contributed by atoms with Gasteiger partial charge in [0.1, 0.15) is 0 Å². The van der Waals surface area contributed by atoms with Crippen molar-refractivity contribution in [3.8, 4) is 0 Å². The van der Waals surface area contributed by atoms with Crippen LogP contribution in [0.4, 0.5) is 17.2 Å². The number of rotatable bonds is 4. The van der Waals surface area contributed by atoms with Crippen LogP contribution in [0.25, 0.3) is 0 Å². The minimum absolute atomic E-state index is 0.736. The van der Waals surface area contributed by atoms with Crippen LogP contribution in [0.5, 0.6) is 0 Å². The first-order chi connectivity index (χ1) is 8.65. The predicted octanol–water partition coefficient (Wildman–Crippen LogP) is 2.87. The molecule has 18 heavy (non-hydrogen) atoms. The molecule has 0 spiro atoms. The highest BCUT2D eigenvalue weighted by Crippen LogP contribution is 2.26. The highest BCUT2D eigenvalue weighted by Gasteiger charge is 2.11. The maximum atomic E-state index is 6.07. The molecule has 0 radical (unpaired) electrons. The Morgan fingerprint density at radius 3 is 2.33 bits per heavy atom. The lowest BCUT2D eigenvalue weighted by Gasteiger charge is -2.08. The maximum Gasteiger partial charge on any atom is 0.152 e. The van der Waals surface area contributed by atoms with E-state index in [2.05, 4.69) is 48.5 Å². The summed E-state index contributed by atoms with van der Waals surface area (Å²) < 4.78 is 1.79. The molecule has 0 saturated carbocycles. The molecule has 0 unspecified atom stereocenters. The normalized spacial score (nSPS) is 10.6. The Morgan fingerprint density at radius 1 is 1.17 bits per heavy atom. The van der Waals surface area contributed by atoms with Crippen LogP contribution < -0.4 is 11.1 Å². The van der Waals surface area contributed by atoms with Crippen LogP contribution >= 0.6 is 0 Å². The Bertz CT molecular complexity index is 525. The summed E-state index contributed by atoms with van der Waals surface area (Å²) in [5, 5.41) is 7.71. The van der Waals surface area contributed by atoms with E-state index < -0.39 is 0 Å². The van der Waals surface area contributed by atoms with E-state index >= 15 is 0 Å². The second-order valence-electron chi connectivity index (χ2n) is 4.36. The van der Waals surface area contributed by atoms with E-state index in [0.29, 0.717) is 0 Å². The zero-order valence-corrected chi connectivity index (χ0v) is 11.2. The summed E-state index contributed by atoms with van der Waals surface area (Å²) in [4.78, 5) is 0. The third-order valence-electron chi connectivity index (χ3n) is 3.12. The van der Waals surface area contributed by atoms with Crippen molar-refractivity contribution in [2.24, 2.45) is 7.05 Å². The van der Waals surface area contributed by atoms with Gasteiger partial charge in [0.25, 0.3) is 0 Å². The first-order valence-electron chi connectivity index (χ1n) is 6.33. The number of aromatic nitrogens is 2. The number of nitrogens with zero attached hydrogens (tertiary/aromatic N) is 2. The van der Waals surface area contributed by atoms with Gasteiger partial charge in [-0.25, -0.2) is 0 Å². The summed E-state index contributed by atoms with van der Waals surface area (Å²) in [6, 6.07) is 8.37. The van der Waals surface area contributed by atoms with Crippen molar-refractivity contribution in [2.45, 2.75) is 26.7 Å². The summed E-state index contributed by atoms with van der Waals surface area (Å²) in [5.41, 5.74) is 10.1. The van der Waals surface area contributed by atoms with Crippen LogP contribution in [-0.4, -0.2) is 9.78 Å². The van der Waals surface area contributed by atoms with Gasteiger partial charge in [-0.15, -0.1) is 0 Å². The molecule has 0 aliphatic rings. The van der Waals surface area contributed by atoms with E-state index in [0.717, 1.165) is 35.7 Å². The van der Waals surface area contributed by atoms with Gasteiger partial charge in [-0.1, -0.05) is 26.0 Å². The molecule has 4 heteroatoms. The molecule has 2 rings (SSSR count). The molecule has 1 heterocycles. The van der Waals surface area contributed by atoms with E-state index in [-0.39, 0.29) is 0 Å². The molecule has 0 aliphatic heterocycles. The van der Waals surface area contributed by atoms with Crippen LogP contribution in [0.2, 0.25) is 0 Å². The zero-order valence-electron chi connectivity index (χ0n) is 11.2. The molecular formula is C14H20N4. The Kier molecular flexibility index (Phi) is 3.55. The number of nitrogens with one attached hydrogen (secondary N) is 1. The third kappa shape index (κ3) is 2.32. The Labute approximate surface area is 108 Å². The van der Waals surface area contributed by atoms with Crippen molar-refractivity contribution in [3.05, 3.63) is 35.5 Å². The second-order valence-corrected chi connectivity index (χ2v) is 4.36. The number of nitrogen functional groups attached to an aromatic ring is 1. The molecule has 2 aromatic rings. The molecule has 1 aromatic carbocycles. The number of benzene rings is 1. The molecule has 0 aliphatic carbocycles. The van der Waals surface area contributed by atoms with Crippen LogP contribution in [0.15, 0.2) is 24.3 Å². The summed E-state index contributed by atoms with van der Waals surface area (Å²) in [7, 11) is 1.90. The van der Waals surface area contributed by atoms with Crippen molar-refractivity contribution >= 4 is 17.2 Å². The topological polar surface area (TPSA) is 55.9 Å². The number of anilines is 3. The average Bonchev–Trinajstić information content (AvgIpc) is 2.67. The van der Waals surface area contributed by atoms with E-state index in [1.165, 1.54) is 5.56 Å². The SMILES string of the molecule is CCc1ccc(Nc2c(N)c(CC)nn2C)cc1. The third-order valence-corrected chi connectivity index (χ3v) is 3.12. The molecule has 0 fully saturated rings. The number of hydrogen-bond acceptors (Lipinski definition) is 3. The van der Waals surface area contributed by atoms with Crippen LogP contribution in [0.3, 0.4) is 0 Å². The molecule has 0 saturated heterocycles. The van der Waals surface area contributed by atoms with Crippen molar-refractivity contribution < 1.29 is 0 Å². The van der Waals surface area contributed by atoms with Gasteiger partial charge in [-0.3, -0.25) is 4.68 Å². The Hall–Kier alpha value is -1.97. The molecule has 1 aromatic heterocycles. The van der Waals surface area contributed by atoms with E-state index in [1.54, 1.807) is 4.68 Å². The molecule has 3 N–H and O–H groups in total. The van der Waals surface area contributed by atoms with Gasteiger partial charge in [0.15, 0.2) is 5.82 Å². The summed E-state index contributed by atoms with van der Waals surface area (Å²) in [6.07, 6.45) is 1.89. The fraction of sp³-hybridized carbons (Fsp3) is 0.357. The standard InChI is InChI=1S/C14H20N4/c1-4-10-6-8-11(9-7-10)16-14-13(15)12(5-2)17-18(14)3/h6-9,16H,4-5,15H2,1-3H3. The lowest BCUT2D eigenvalue weighted by Crippen LogP contribution is -2.01. The van der Waals surface area contributed by atoms with Gasteiger partial charge in [-0.2, -0.15) is 5.10 Å². The minimum Gasteiger partial charge on any atom is -0.394 e. The number of nitrogens with two attached hydrogens (primary N) is 1. The quantitative estimate of drug-likeness (QED) is 0.869. The van der Waals surface area contributed by atoms with Crippen molar-refractivity contribution in [1.29, 1.82) is 0 Å². The summed E-state index contributed by atoms with van der Waals surface area (Å²) in [6.45, 7) is 4.20. The predicted molar refractivity (Wildman–Crippen MR) is 76.1 cm³/mol. The van der Waals surface area contributed by atoms with Crippen molar-refractivity contribution in [3.63, 3.8) is 0 Å². The lowest BCUT2D eigenvalue weighted by atomic mass is 10.1. The van der Waals surface area contributed by atoms with Crippen LogP contribution in [0.1, 0.15) is 25.1 Å². The molecule has 4 nitrogen and oxygen atoms in total. The Morgan fingerprint density at radius 2 is 1.83 bits per heavy atom. The summed E-state index contributed by atoms with van der Waals surface area (Å²) >= 11 is 0. The van der Waals surface area contributed by atoms with Crippen molar-refractivity contribution in [2.75, 3.05) is 11.1 Å². The van der Waals surface area contributed by atoms with Gasteiger partial charge in [0.05, 0.1) is 11.4 Å². The first kappa shape index (κ1) is 12.5. The van der Waals surface area contributed by atoms with Gasteiger partial charge in [0.2, 0.25) is 0 Å². The number of aryl methyl sites for hydroxylation is 3. The molecule has 0 atom stereocenters. The summed E-state index contributed by atoms with van der Waals surface area (Å²) in [5.74, 6) is 0.857. The monoisotopic (exact) mass is 244 g/mol. The van der Waals surface area contributed by atoms with E-state index in [1.807, 2.05) is 7.05 Å². The van der Waals surface area contributed by atoms with E-state index in [4.69, 9.17) is 5.73 Å². The van der Waals surface area contributed by atoms with Gasteiger partial charge < -0.3 is 11.1 Å². The van der Waals surface area contributed by atoms with Crippen molar-refractivity contribution in [1.82, 2.24) is 9.78 Å². The average molecular weight is 244 g/mol. The number of hydrogen-bond donors (Lipinski definition) is 2. The van der Waals surface area contributed by atoms with Gasteiger partial charge >= 0.3 is 0 Å². The Balaban J connectivity index is 2.25. The smallest absolute Gasteiger partial charge is 0.152 e. The van der Waals surface area contributed by atoms with Crippen LogP contribution in [-0.2, 0) is 19.9 Å². The largest absolute Gasteiger partial charge is 0.394 e. The maximum absolute atomic E-state index is 6.07. The van der Waals surface area contributed by atoms with Gasteiger partial charge in [0, 0.05) is 12.7 Å². The first-order valence-corrected chi connectivity index (χ1v) is 6.33. The second kappa shape index (κ2) is 5.12. The molecule has 0 bridgehead atoms. The fourth-order valence-electron chi connectivity index (χ4n) is 1.97. The lowest BCUT2D eigenvalue weighted by molar-refractivity contribution is 0.753.